The molecule has 1 N–H and O–H groups in total. The number of nitrogens with one attached hydrogen (secondary N) is 1. The highest BCUT2D eigenvalue weighted by atomic mass is 32.2. The molecule has 1 rings (SSSR count). The average Bonchev–Trinajstić information content (AvgIpc) is 2.17. The molecule has 1 amide bonds. The second kappa shape index (κ2) is 4.06. The summed E-state index contributed by atoms with van der Waals surface area (Å²) < 4.78 is 24.8. The van der Waals surface area contributed by atoms with Crippen LogP contribution in [0.4, 0.5) is 5.69 Å². The number of diazo groups is 1. The van der Waals surface area contributed by atoms with Crippen molar-refractivity contribution >= 4 is 21.6 Å². The molecule has 0 aliphatic carbocycles. The Bertz CT molecular complexity index is 530. The van der Waals surface area contributed by atoms with E-state index in [-0.39, 0.29) is 10.6 Å². The minimum absolute atomic E-state index is 0.0859. The summed E-state index contributed by atoms with van der Waals surface area (Å²) in [5.74, 6) is -0.407. The second-order valence-electron chi connectivity index (χ2n) is 2.73. The molecule has 0 heterocycles. The first-order chi connectivity index (χ1) is 6.97. The Balaban J connectivity index is 3.32. The van der Waals surface area contributed by atoms with Gasteiger partial charge in [0.25, 0.3) is 4.38 Å². The zero-order chi connectivity index (χ0) is 11.5. The molecule has 0 aromatic heterocycles. The second-order valence-corrected chi connectivity index (χ2v) is 4.29. The molecule has 0 aliphatic heterocycles. The molecular weight excluding hydrogens is 218 g/mol. The third-order valence-electron chi connectivity index (χ3n) is 1.58. The minimum Gasteiger partial charge on any atom is -0.325 e. The van der Waals surface area contributed by atoms with E-state index >= 15 is 0 Å². The van der Waals surface area contributed by atoms with Crippen molar-refractivity contribution in [3.05, 3.63) is 28.6 Å². The van der Waals surface area contributed by atoms with E-state index in [0.29, 0.717) is 0 Å². The Labute approximate surface area is 86.6 Å². The lowest BCUT2D eigenvalue weighted by molar-refractivity contribution is -0.114. The number of para-hydroxylation sites is 1. The Hall–Kier alpha value is -1.94. The van der Waals surface area contributed by atoms with Crippen molar-refractivity contribution in [2.75, 3.05) is 5.32 Å². The van der Waals surface area contributed by atoms with Gasteiger partial charge in [-0.05, 0) is 12.1 Å². The molecule has 78 valence electrons. The van der Waals surface area contributed by atoms with E-state index in [1.54, 1.807) is 6.07 Å². The number of carbonyl (C=O) groups excluding carboxylic acids is 1. The molecule has 6 nitrogen and oxygen atoms in total. The largest absolute Gasteiger partial charge is 0.554 e. The van der Waals surface area contributed by atoms with Gasteiger partial charge in [0.15, 0.2) is 4.90 Å². The first-order valence-electron chi connectivity index (χ1n) is 3.95. The predicted octanol–water partition coefficient (Wildman–Crippen LogP) is 1.19. The lowest BCUT2D eigenvalue weighted by Crippen LogP contribution is -2.09. The smallest absolute Gasteiger partial charge is 0.325 e. The summed E-state index contributed by atoms with van der Waals surface area (Å²) in [5.41, 5.74) is 0.0859. The van der Waals surface area contributed by atoms with Crippen LogP contribution in [0, 0.1) is 5.39 Å². The molecule has 0 atom stereocenters. The molecular formula is C8H8N3O3S+. The van der Waals surface area contributed by atoms with Gasteiger partial charge < -0.3 is 5.32 Å². The van der Waals surface area contributed by atoms with E-state index in [1.165, 1.54) is 25.1 Å². The number of nitrogens with zero attached hydrogens (tertiary/aromatic N) is 2. The van der Waals surface area contributed by atoms with Crippen molar-refractivity contribution in [1.29, 1.82) is 5.39 Å². The number of amides is 1. The molecule has 1 aromatic rings. The Morgan fingerprint density at radius 2 is 2.00 bits per heavy atom. The quantitative estimate of drug-likeness (QED) is 0.766. The zero-order valence-corrected chi connectivity index (χ0v) is 8.65. The lowest BCUT2D eigenvalue weighted by atomic mass is 10.3. The van der Waals surface area contributed by atoms with Crippen LogP contribution in [0.2, 0.25) is 0 Å². The third-order valence-corrected chi connectivity index (χ3v) is 2.71. The van der Waals surface area contributed by atoms with Gasteiger partial charge in [-0.3, -0.25) is 4.79 Å². The maximum atomic E-state index is 11.2. The van der Waals surface area contributed by atoms with Crippen molar-refractivity contribution in [2.45, 2.75) is 11.8 Å². The summed E-state index contributed by atoms with van der Waals surface area (Å²) in [6, 6.07) is 5.66. The summed E-state index contributed by atoms with van der Waals surface area (Å²) in [7, 11) is -4.11. The summed E-state index contributed by atoms with van der Waals surface area (Å²) in [5, 5.41) is 10.7. The summed E-state index contributed by atoms with van der Waals surface area (Å²) >= 11 is 0. The normalized spacial score (nSPS) is 10.4. The highest BCUT2D eigenvalue weighted by Crippen LogP contribution is 2.22. The van der Waals surface area contributed by atoms with Gasteiger partial charge in [-0.25, -0.2) is 0 Å². The molecule has 7 heteroatoms. The van der Waals surface area contributed by atoms with Crippen LogP contribution in [0.3, 0.4) is 0 Å². The Morgan fingerprint density at radius 3 is 2.53 bits per heavy atom. The number of rotatable bonds is 2. The van der Waals surface area contributed by atoms with Crippen LogP contribution in [0.15, 0.2) is 29.2 Å². The van der Waals surface area contributed by atoms with Gasteiger partial charge in [0.05, 0.1) is 5.69 Å². The van der Waals surface area contributed by atoms with Gasteiger partial charge in [-0.2, -0.15) is 0 Å². The SMILES string of the molecule is CC(=O)Nc1ccccc1S(=O)(=O)[N+]#N. The maximum Gasteiger partial charge on any atom is 0.554 e. The first kappa shape index (κ1) is 11.1. The summed E-state index contributed by atoms with van der Waals surface area (Å²) in [6.07, 6.45) is 0. The van der Waals surface area contributed by atoms with Crippen LogP contribution in [-0.2, 0) is 14.8 Å². The average molecular weight is 226 g/mol. The van der Waals surface area contributed by atoms with Crippen molar-refractivity contribution in [1.82, 2.24) is 0 Å². The van der Waals surface area contributed by atoms with Crippen LogP contribution in [0.5, 0.6) is 0 Å². The van der Waals surface area contributed by atoms with Gasteiger partial charge in [-0.15, -0.1) is 8.42 Å². The van der Waals surface area contributed by atoms with Gasteiger partial charge in [0.2, 0.25) is 11.3 Å². The van der Waals surface area contributed by atoms with Crippen molar-refractivity contribution in [3.63, 3.8) is 0 Å². The van der Waals surface area contributed by atoms with Crippen LogP contribution in [-0.4, -0.2) is 14.3 Å². The summed E-state index contributed by atoms with van der Waals surface area (Å²) in [6.45, 7) is 1.25. The molecule has 0 bridgehead atoms. The van der Waals surface area contributed by atoms with Crippen molar-refractivity contribution in [3.8, 4) is 0 Å². The fraction of sp³-hybridized carbons (Fsp3) is 0.125. The standard InChI is InChI=1S/C8H7N3O3S/c1-6(12)10-7-4-2-3-5-8(7)15(13,14)11-9/h2-5H,1H3/p+1. The van der Waals surface area contributed by atoms with Crippen molar-refractivity contribution < 1.29 is 13.2 Å². The van der Waals surface area contributed by atoms with Crippen LogP contribution in [0.1, 0.15) is 6.92 Å². The molecule has 0 saturated carbocycles. The maximum absolute atomic E-state index is 11.2. The van der Waals surface area contributed by atoms with Gasteiger partial charge in [-0.1, -0.05) is 12.1 Å². The lowest BCUT2D eigenvalue weighted by Gasteiger charge is -2.02. The van der Waals surface area contributed by atoms with Crippen molar-refractivity contribution in [2.24, 2.45) is 0 Å². The van der Waals surface area contributed by atoms with E-state index < -0.39 is 15.9 Å². The van der Waals surface area contributed by atoms with E-state index in [4.69, 9.17) is 5.39 Å². The van der Waals surface area contributed by atoms with E-state index in [2.05, 4.69) is 9.70 Å². The minimum atomic E-state index is -4.11. The monoisotopic (exact) mass is 226 g/mol. The van der Waals surface area contributed by atoms with Gasteiger partial charge >= 0.3 is 10.0 Å². The third kappa shape index (κ3) is 2.51. The van der Waals surface area contributed by atoms with E-state index in [0.717, 1.165) is 0 Å². The molecule has 0 radical (unpaired) electrons. The van der Waals surface area contributed by atoms with Crippen LogP contribution >= 0.6 is 0 Å². The molecule has 0 aliphatic rings. The van der Waals surface area contributed by atoms with Gasteiger partial charge in [0.1, 0.15) is 0 Å². The Kier molecular flexibility index (Phi) is 3.01. The number of benzene rings is 1. The highest BCUT2D eigenvalue weighted by molar-refractivity contribution is 7.93. The molecule has 0 spiro atoms. The first-order valence-corrected chi connectivity index (χ1v) is 5.39. The number of hydrogen-bond acceptors (Lipinski definition) is 4. The van der Waals surface area contributed by atoms with Crippen LogP contribution in [0.25, 0.3) is 4.38 Å². The van der Waals surface area contributed by atoms with Crippen LogP contribution < -0.4 is 5.32 Å². The Morgan fingerprint density at radius 1 is 1.40 bits per heavy atom. The van der Waals surface area contributed by atoms with E-state index in [9.17, 15) is 13.2 Å². The summed E-state index contributed by atoms with van der Waals surface area (Å²) in [4.78, 5) is 10.5. The predicted molar refractivity (Wildman–Crippen MR) is 53.0 cm³/mol. The molecule has 1 aromatic carbocycles. The number of anilines is 1. The molecule has 0 unspecified atom stereocenters. The number of hydrogen-bond donors (Lipinski definition) is 1. The number of sulfonamides is 1. The molecule has 15 heavy (non-hydrogen) atoms. The van der Waals surface area contributed by atoms with E-state index in [1.807, 2.05) is 0 Å². The van der Waals surface area contributed by atoms with Gasteiger partial charge in [0, 0.05) is 6.92 Å². The topological polar surface area (TPSA) is 91.4 Å². The fourth-order valence-electron chi connectivity index (χ4n) is 1.03. The molecule has 0 saturated heterocycles. The molecule has 0 fully saturated rings. The fourth-order valence-corrected chi connectivity index (χ4v) is 1.76. The highest BCUT2D eigenvalue weighted by Gasteiger charge is 2.30. The zero-order valence-electron chi connectivity index (χ0n) is 7.84. The number of carbonyl (C=O) groups is 1.